The molecule has 1 aliphatic rings. The van der Waals surface area contributed by atoms with Gasteiger partial charge in [-0.25, -0.2) is 0 Å². The maximum atomic E-state index is 11.4. The molecule has 0 saturated heterocycles. The van der Waals surface area contributed by atoms with Gasteiger partial charge >= 0.3 is 5.97 Å². The van der Waals surface area contributed by atoms with Gasteiger partial charge in [0, 0.05) is 25.1 Å². The normalized spacial score (nSPS) is 17.2. The highest BCUT2D eigenvalue weighted by molar-refractivity contribution is 5.66. The molecule has 0 bridgehead atoms. The lowest BCUT2D eigenvalue weighted by Crippen LogP contribution is -2.35. The fraction of sp³-hybridized carbons (Fsp3) is 0.269. The minimum Gasteiger partial charge on any atom is -0.479 e. The Morgan fingerprint density at radius 3 is 2.43 bits per heavy atom. The van der Waals surface area contributed by atoms with Gasteiger partial charge < -0.3 is 14.8 Å². The van der Waals surface area contributed by atoms with Crippen LogP contribution in [-0.2, 0) is 15.1 Å². The predicted octanol–water partition coefficient (Wildman–Crippen LogP) is 5.49. The minimum absolute atomic E-state index is 0.149. The topological polar surface area (TPSA) is 47.6 Å². The summed E-state index contributed by atoms with van der Waals surface area (Å²) in [6, 6.07) is 26.7. The number of anilines is 1. The summed E-state index contributed by atoms with van der Waals surface area (Å²) in [5.41, 5.74) is 4.02. The van der Waals surface area contributed by atoms with E-state index in [0.717, 1.165) is 24.3 Å². The maximum Gasteiger partial charge on any atom is 0.302 e. The number of hydrogen-bond acceptors (Lipinski definition) is 4. The molecular weight excluding hydrogens is 374 g/mol. The summed E-state index contributed by atoms with van der Waals surface area (Å²) in [7, 11) is 0. The second-order valence-electron chi connectivity index (χ2n) is 7.90. The van der Waals surface area contributed by atoms with E-state index in [-0.39, 0.29) is 12.6 Å². The van der Waals surface area contributed by atoms with Crippen LogP contribution < -0.4 is 10.1 Å². The smallest absolute Gasteiger partial charge is 0.302 e. The highest BCUT2D eigenvalue weighted by atomic mass is 16.6. The quantitative estimate of drug-likeness (QED) is 0.555. The van der Waals surface area contributed by atoms with Gasteiger partial charge in [0.05, 0.1) is 0 Å². The van der Waals surface area contributed by atoms with E-state index in [0.29, 0.717) is 5.92 Å². The number of carbonyl (C=O) groups excluding carboxylic acids is 1. The minimum atomic E-state index is -0.768. The molecule has 1 heterocycles. The van der Waals surface area contributed by atoms with Gasteiger partial charge in [-0.15, -0.1) is 0 Å². The van der Waals surface area contributed by atoms with E-state index in [1.165, 1.54) is 23.7 Å². The first-order chi connectivity index (χ1) is 14.5. The standard InChI is InChI=1S/C26H27NO3/c1-19(28)29-18-26(2,21-8-4-3-5-9-21)30-22-14-12-20(13-15-22)23-16-17-27-25-11-7-6-10-24(23)25/h3-15,23,27H,16-18H2,1-2H3. The van der Waals surface area contributed by atoms with Crippen LogP contribution in [0.2, 0.25) is 0 Å². The van der Waals surface area contributed by atoms with Crippen molar-refractivity contribution < 1.29 is 14.3 Å². The van der Waals surface area contributed by atoms with Crippen LogP contribution in [0.15, 0.2) is 78.9 Å². The van der Waals surface area contributed by atoms with E-state index in [2.05, 4.69) is 41.7 Å². The molecule has 0 spiro atoms. The third kappa shape index (κ3) is 4.33. The van der Waals surface area contributed by atoms with Crippen LogP contribution in [0.4, 0.5) is 5.69 Å². The molecule has 30 heavy (non-hydrogen) atoms. The molecule has 0 amide bonds. The number of esters is 1. The summed E-state index contributed by atoms with van der Waals surface area (Å²) in [6.07, 6.45) is 1.06. The van der Waals surface area contributed by atoms with Gasteiger partial charge in [-0.3, -0.25) is 4.79 Å². The number of ether oxygens (including phenoxy) is 2. The van der Waals surface area contributed by atoms with E-state index < -0.39 is 5.60 Å². The Morgan fingerprint density at radius 1 is 1.00 bits per heavy atom. The first kappa shape index (κ1) is 20.0. The molecule has 0 saturated carbocycles. The summed E-state index contributed by atoms with van der Waals surface area (Å²) >= 11 is 0. The van der Waals surface area contributed by atoms with Gasteiger partial charge in [0.15, 0.2) is 5.60 Å². The molecular formula is C26H27NO3. The molecule has 0 aromatic heterocycles. The van der Waals surface area contributed by atoms with Crippen LogP contribution in [0.5, 0.6) is 5.75 Å². The van der Waals surface area contributed by atoms with Crippen LogP contribution in [0.3, 0.4) is 0 Å². The van der Waals surface area contributed by atoms with Crippen LogP contribution in [0.25, 0.3) is 0 Å². The Hall–Kier alpha value is -3.27. The molecule has 1 N–H and O–H groups in total. The molecule has 0 radical (unpaired) electrons. The molecule has 4 heteroatoms. The van der Waals surface area contributed by atoms with Crippen molar-refractivity contribution in [2.45, 2.75) is 31.8 Å². The average Bonchev–Trinajstić information content (AvgIpc) is 2.78. The molecule has 2 atom stereocenters. The Balaban J connectivity index is 1.57. The van der Waals surface area contributed by atoms with Crippen molar-refractivity contribution in [1.29, 1.82) is 0 Å². The molecule has 0 aliphatic carbocycles. The Labute approximate surface area is 177 Å². The first-order valence-electron chi connectivity index (χ1n) is 10.4. The maximum absolute atomic E-state index is 11.4. The molecule has 2 unspecified atom stereocenters. The molecule has 3 aromatic rings. The second kappa shape index (κ2) is 8.62. The van der Waals surface area contributed by atoms with Crippen LogP contribution in [0.1, 0.15) is 42.9 Å². The average molecular weight is 402 g/mol. The Morgan fingerprint density at radius 2 is 1.70 bits per heavy atom. The zero-order valence-electron chi connectivity index (χ0n) is 17.4. The highest BCUT2D eigenvalue weighted by Crippen LogP contribution is 2.37. The largest absolute Gasteiger partial charge is 0.479 e. The van der Waals surface area contributed by atoms with Gasteiger partial charge in [-0.2, -0.15) is 0 Å². The van der Waals surface area contributed by atoms with E-state index in [4.69, 9.17) is 9.47 Å². The summed E-state index contributed by atoms with van der Waals surface area (Å²) in [5.74, 6) is 0.804. The summed E-state index contributed by atoms with van der Waals surface area (Å²) in [4.78, 5) is 11.4. The van der Waals surface area contributed by atoms with Crippen molar-refractivity contribution in [2.24, 2.45) is 0 Å². The molecule has 1 aliphatic heterocycles. The monoisotopic (exact) mass is 401 g/mol. The number of rotatable bonds is 6. The summed E-state index contributed by atoms with van der Waals surface area (Å²) < 4.78 is 11.7. The first-order valence-corrected chi connectivity index (χ1v) is 10.4. The lowest BCUT2D eigenvalue weighted by Gasteiger charge is -2.31. The summed E-state index contributed by atoms with van der Waals surface area (Å²) in [5, 5.41) is 3.48. The van der Waals surface area contributed by atoms with Gasteiger partial charge in [-0.05, 0) is 48.2 Å². The second-order valence-corrected chi connectivity index (χ2v) is 7.90. The zero-order valence-corrected chi connectivity index (χ0v) is 17.4. The van der Waals surface area contributed by atoms with Crippen molar-refractivity contribution in [2.75, 3.05) is 18.5 Å². The van der Waals surface area contributed by atoms with E-state index >= 15 is 0 Å². The number of nitrogens with one attached hydrogen (secondary N) is 1. The number of fused-ring (bicyclic) bond motifs is 1. The number of carbonyl (C=O) groups is 1. The van der Waals surface area contributed by atoms with E-state index in [9.17, 15) is 4.79 Å². The van der Waals surface area contributed by atoms with Crippen molar-refractivity contribution in [3.8, 4) is 5.75 Å². The van der Waals surface area contributed by atoms with Gasteiger partial charge in [0.2, 0.25) is 0 Å². The van der Waals surface area contributed by atoms with Crippen LogP contribution in [0, 0.1) is 0 Å². The van der Waals surface area contributed by atoms with Gasteiger partial charge in [-0.1, -0.05) is 60.7 Å². The predicted molar refractivity (Wildman–Crippen MR) is 119 cm³/mol. The number of hydrogen-bond donors (Lipinski definition) is 1. The van der Waals surface area contributed by atoms with Crippen LogP contribution in [-0.4, -0.2) is 19.1 Å². The molecule has 4 nitrogen and oxygen atoms in total. The third-order valence-electron chi connectivity index (χ3n) is 5.65. The van der Waals surface area contributed by atoms with Crippen LogP contribution >= 0.6 is 0 Å². The van der Waals surface area contributed by atoms with Crippen molar-refractivity contribution in [1.82, 2.24) is 0 Å². The third-order valence-corrected chi connectivity index (χ3v) is 5.65. The fourth-order valence-electron chi connectivity index (χ4n) is 4.04. The Kier molecular flexibility index (Phi) is 5.75. The molecule has 0 fully saturated rings. The van der Waals surface area contributed by atoms with Crippen molar-refractivity contribution >= 4 is 11.7 Å². The van der Waals surface area contributed by atoms with Crippen molar-refractivity contribution in [3.63, 3.8) is 0 Å². The van der Waals surface area contributed by atoms with Gasteiger partial charge in [0.1, 0.15) is 12.4 Å². The fourth-order valence-corrected chi connectivity index (χ4v) is 4.04. The zero-order chi connectivity index (χ0) is 21.0. The van der Waals surface area contributed by atoms with E-state index in [1.54, 1.807) is 0 Å². The number of para-hydroxylation sites is 1. The lowest BCUT2D eigenvalue weighted by atomic mass is 9.85. The molecule has 3 aromatic carbocycles. The molecule has 4 rings (SSSR count). The Bertz CT molecular complexity index is 1000. The lowest BCUT2D eigenvalue weighted by molar-refractivity contribution is -0.147. The van der Waals surface area contributed by atoms with Gasteiger partial charge in [0.25, 0.3) is 0 Å². The molecule has 154 valence electrons. The highest BCUT2D eigenvalue weighted by Gasteiger charge is 2.31. The van der Waals surface area contributed by atoms with E-state index in [1.807, 2.05) is 49.4 Å². The number of benzene rings is 3. The summed E-state index contributed by atoms with van der Waals surface area (Å²) in [6.45, 7) is 4.48. The SMILES string of the molecule is CC(=O)OCC(C)(Oc1ccc(C2CCNc3ccccc32)cc1)c1ccccc1. The van der Waals surface area contributed by atoms with Crippen molar-refractivity contribution in [3.05, 3.63) is 95.6 Å².